The fourth-order valence-corrected chi connectivity index (χ4v) is 1.94. The van der Waals surface area contributed by atoms with E-state index < -0.39 is 11.7 Å². The van der Waals surface area contributed by atoms with Gasteiger partial charge in [-0.1, -0.05) is 18.2 Å². The summed E-state index contributed by atoms with van der Waals surface area (Å²) in [5.41, 5.74) is 1.63. The quantitative estimate of drug-likeness (QED) is 0.655. The van der Waals surface area contributed by atoms with Gasteiger partial charge in [-0.2, -0.15) is 18.3 Å². The first-order valence-corrected chi connectivity index (χ1v) is 5.94. The van der Waals surface area contributed by atoms with Gasteiger partial charge < -0.3 is 0 Å². The predicted molar refractivity (Wildman–Crippen MR) is 67.0 cm³/mol. The predicted octanol–water partition coefficient (Wildman–Crippen LogP) is 4.21. The van der Waals surface area contributed by atoms with Crippen LogP contribution in [0.25, 0.3) is 0 Å². The lowest BCUT2D eigenvalue weighted by molar-refractivity contribution is -0.136. The molecular weight excluding hydrogens is 261 g/mol. The number of benzene rings is 1. The molecule has 0 atom stereocenters. The van der Waals surface area contributed by atoms with Crippen molar-refractivity contribution in [2.75, 3.05) is 5.43 Å². The van der Waals surface area contributed by atoms with Gasteiger partial charge in [0.25, 0.3) is 0 Å². The molecule has 0 saturated heterocycles. The number of hydrazone groups is 1. The maximum atomic E-state index is 12.7. The van der Waals surface area contributed by atoms with Crippen LogP contribution in [0.4, 0.5) is 18.9 Å². The summed E-state index contributed by atoms with van der Waals surface area (Å²) in [6.07, 6.45) is -2.90. The number of hydrogen-bond donors (Lipinski definition) is 1. The van der Waals surface area contributed by atoms with Gasteiger partial charge in [0.2, 0.25) is 0 Å². The smallest absolute Gasteiger partial charge is 0.278 e. The molecule has 1 N–H and O–H groups in total. The minimum absolute atomic E-state index is 0.0576. The standard InChI is InChI=1S/C12H9F3N2S/c13-12(14,15)10-5-1-2-6-11(10)17-16-8-9-4-3-7-18-9/h1-8,17H/b16-8-. The van der Waals surface area contributed by atoms with E-state index in [0.29, 0.717) is 0 Å². The zero-order valence-corrected chi connectivity index (χ0v) is 9.92. The molecule has 1 aromatic heterocycles. The molecule has 94 valence electrons. The van der Waals surface area contributed by atoms with Crippen molar-refractivity contribution >= 4 is 23.2 Å². The van der Waals surface area contributed by atoms with Crippen LogP contribution in [-0.4, -0.2) is 6.21 Å². The summed E-state index contributed by atoms with van der Waals surface area (Å²) in [5.74, 6) is 0. The van der Waals surface area contributed by atoms with Crippen LogP contribution in [0.2, 0.25) is 0 Å². The lowest BCUT2D eigenvalue weighted by Crippen LogP contribution is -2.08. The molecule has 0 radical (unpaired) electrons. The first-order chi connectivity index (χ1) is 8.57. The molecule has 18 heavy (non-hydrogen) atoms. The molecule has 0 unspecified atom stereocenters. The molecule has 0 bridgehead atoms. The van der Waals surface area contributed by atoms with E-state index >= 15 is 0 Å². The molecule has 1 aromatic carbocycles. The Labute approximate surface area is 106 Å². The zero-order chi connectivity index (χ0) is 13.0. The Morgan fingerprint density at radius 2 is 1.89 bits per heavy atom. The van der Waals surface area contributed by atoms with Crippen LogP contribution in [-0.2, 0) is 6.18 Å². The third-order valence-corrected chi connectivity index (χ3v) is 2.96. The molecule has 0 spiro atoms. The lowest BCUT2D eigenvalue weighted by atomic mass is 10.2. The van der Waals surface area contributed by atoms with E-state index in [-0.39, 0.29) is 5.69 Å². The van der Waals surface area contributed by atoms with Crippen LogP contribution in [0, 0.1) is 0 Å². The van der Waals surface area contributed by atoms with Crippen LogP contribution in [0.3, 0.4) is 0 Å². The van der Waals surface area contributed by atoms with Crippen LogP contribution in [0.5, 0.6) is 0 Å². The van der Waals surface area contributed by atoms with Gasteiger partial charge >= 0.3 is 6.18 Å². The average Bonchev–Trinajstić information content (AvgIpc) is 2.81. The van der Waals surface area contributed by atoms with Crippen molar-refractivity contribution in [2.24, 2.45) is 5.10 Å². The number of halogens is 3. The van der Waals surface area contributed by atoms with Crippen molar-refractivity contribution in [1.29, 1.82) is 0 Å². The van der Waals surface area contributed by atoms with Gasteiger partial charge in [0.15, 0.2) is 0 Å². The van der Waals surface area contributed by atoms with Crippen LogP contribution >= 0.6 is 11.3 Å². The summed E-state index contributed by atoms with van der Waals surface area (Å²) >= 11 is 1.46. The second-order valence-electron chi connectivity index (χ2n) is 3.43. The number of para-hydroxylation sites is 1. The maximum absolute atomic E-state index is 12.7. The Morgan fingerprint density at radius 1 is 1.11 bits per heavy atom. The topological polar surface area (TPSA) is 24.4 Å². The summed E-state index contributed by atoms with van der Waals surface area (Å²) in [6, 6.07) is 8.90. The number of thiophene rings is 1. The Kier molecular flexibility index (Phi) is 3.66. The average molecular weight is 270 g/mol. The van der Waals surface area contributed by atoms with E-state index in [1.165, 1.54) is 35.8 Å². The van der Waals surface area contributed by atoms with Crippen molar-refractivity contribution in [3.63, 3.8) is 0 Å². The second-order valence-corrected chi connectivity index (χ2v) is 4.41. The monoisotopic (exact) mass is 270 g/mol. The number of rotatable bonds is 3. The van der Waals surface area contributed by atoms with Gasteiger partial charge in [0, 0.05) is 4.88 Å². The Hall–Kier alpha value is -1.82. The van der Waals surface area contributed by atoms with E-state index in [1.807, 2.05) is 17.5 Å². The molecule has 0 amide bonds. The highest BCUT2D eigenvalue weighted by atomic mass is 32.1. The summed E-state index contributed by atoms with van der Waals surface area (Å²) in [4.78, 5) is 0.868. The molecule has 0 saturated carbocycles. The van der Waals surface area contributed by atoms with Crippen molar-refractivity contribution in [3.05, 3.63) is 52.2 Å². The van der Waals surface area contributed by atoms with Crippen LogP contribution in [0.15, 0.2) is 46.9 Å². The summed E-state index contributed by atoms with van der Waals surface area (Å²) < 4.78 is 38.0. The van der Waals surface area contributed by atoms with Crippen molar-refractivity contribution in [3.8, 4) is 0 Å². The van der Waals surface area contributed by atoms with E-state index in [9.17, 15) is 13.2 Å². The van der Waals surface area contributed by atoms with Gasteiger partial charge in [0.05, 0.1) is 17.5 Å². The largest absolute Gasteiger partial charge is 0.418 e. The molecule has 0 aliphatic heterocycles. The SMILES string of the molecule is FC(F)(F)c1ccccc1N/N=C\c1cccs1. The summed E-state index contributed by atoms with van der Waals surface area (Å²) in [7, 11) is 0. The Bertz CT molecular complexity index is 533. The number of alkyl halides is 3. The van der Waals surface area contributed by atoms with Gasteiger partial charge in [0.1, 0.15) is 0 Å². The molecular formula is C12H9F3N2S. The fraction of sp³-hybridized carbons (Fsp3) is 0.0833. The molecule has 0 fully saturated rings. The highest BCUT2D eigenvalue weighted by Gasteiger charge is 2.33. The first-order valence-electron chi connectivity index (χ1n) is 5.06. The van der Waals surface area contributed by atoms with Gasteiger partial charge in [-0.15, -0.1) is 11.3 Å². The van der Waals surface area contributed by atoms with E-state index in [1.54, 1.807) is 0 Å². The van der Waals surface area contributed by atoms with Crippen molar-refractivity contribution in [1.82, 2.24) is 0 Å². The van der Waals surface area contributed by atoms with Gasteiger partial charge in [-0.25, -0.2) is 0 Å². The van der Waals surface area contributed by atoms with E-state index in [2.05, 4.69) is 10.5 Å². The fourth-order valence-electron chi connectivity index (χ4n) is 1.36. The number of anilines is 1. The van der Waals surface area contributed by atoms with Gasteiger partial charge in [-0.05, 0) is 23.6 Å². The number of nitrogens with one attached hydrogen (secondary N) is 1. The molecule has 2 aromatic rings. The molecule has 0 aliphatic rings. The van der Waals surface area contributed by atoms with Crippen molar-refractivity contribution < 1.29 is 13.2 Å². The third kappa shape index (κ3) is 3.10. The van der Waals surface area contributed by atoms with Gasteiger partial charge in [-0.3, -0.25) is 5.43 Å². The second kappa shape index (κ2) is 5.22. The Morgan fingerprint density at radius 3 is 2.56 bits per heavy atom. The van der Waals surface area contributed by atoms with Crippen molar-refractivity contribution in [2.45, 2.75) is 6.18 Å². The van der Waals surface area contributed by atoms with Crippen LogP contribution in [0.1, 0.15) is 10.4 Å². The first kappa shape index (κ1) is 12.6. The van der Waals surface area contributed by atoms with E-state index in [0.717, 1.165) is 10.9 Å². The summed E-state index contributed by atoms with van der Waals surface area (Å²) in [5, 5.41) is 5.66. The summed E-state index contributed by atoms with van der Waals surface area (Å²) in [6.45, 7) is 0. The Balaban J connectivity index is 2.15. The lowest BCUT2D eigenvalue weighted by Gasteiger charge is -2.11. The molecule has 2 rings (SSSR count). The van der Waals surface area contributed by atoms with E-state index in [4.69, 9.17) is 0 Å². The number of nitrogens with zero attached hydrogens (tertiary/aromatic N) is 1. The zero-order valence-electron chi connectivity index (χ0n) is 9.11. The van der Waals surface area contributed by atoms with Crippen LogP contribution < -0.4 is 5.43 Å². The molecule has 0 aliphatic carbocycles. The maximum Gasteiger partial charge on any atom is 0.418 e. The minimum Gasteiger partial charge on any atom is -0.278 e. The number of hydrogen-bond acceptors (Lipinski definition) is 3. The third-order valence-electron chi connectivity index (χ3n) is 2.15. The molecule has 1 heterocycles. The minimum atomic E-state index is -4.39. The normalized spacial score (nSPS) is 11.9. The molecule has 2 nitrogen and oxygen atoms in total. The highest BCUT2D eigenvalue weighted by Crippen LogP contribution is 2.34. The highest BCUT2D eigenvalue weighted by molar-refractivity contribution is 7.11. The molecule has 6 heteroatoms.